The molecule has 0 aromatic heterocycles. The van der Waals surface area contributed by atoms with Crippen LogP contribution in [0.2, 0.25) is 0 Å². The highest BCUT2D eigenvalue weighted by Gasteiger charge is 2.35. The summed E-state index contributed by atoms with van der Waals surface area (Å²) in [6.45, 7) is 1.74. The van der Waals surface area contributed by atoms with Gasteiger partial charge in [-0.3, -0.25) is 0 Å². The van der Waals surface area contributed by atoms with Gasteiger partial charge in [0.2, 0.25) is 10.0 Å². The Balaban J connectivity index is 1.90. The third-order valence-corrected chi connectivity index (χ3v) is 5.88. The molecule has 0 bridgehead atoms. The summed E-state index contributed by atoms with van der Waals surface area (Å²) < 4.78 is 46.7. The summed E-state index contributed by atoms with van der Waals surface area (Å²) in [6, 6.07) is 10.5. The highest BCUT2D eigenvalue weighted by atomic mass is 32.2. The van der Waals surface area contributed by atoms with Crippen molar-refractivity contribution < 1.29 is 17.5 Å². The lowest BCUT2D eigenvalue weighted by Gasteiger charge is -2.20. The van der Waals surface area contributed by atoms with Crippen LogP contribution < -0.4 is 9.46 Å². The molecule has 0 heterocycles. The standard InChI is InChI=1S/C18H20FNO3S/c1-12-11-16(23-2)9-10-17(12)24(21,22)20-18(13-3-4-13)14-5-7-15(19)8-6-14/h5-11,13,18,20H,3-4H2,1-2H3. The van der Waals surface area contributed by atoms with Crippen LogP contribution in [0.1, 0.15) is 30.0 Å². The van der Waals surface area contributed by atoms with Gasteiger partial charge < -0.3 is 4.74 Å². The molecule has 2 aromatic carbocycles. The molecular formula is C18H20FNO3S. The molecule has 0 radical (unpaired) electrons. The largest absolute Gasteiger partial charge is 0.497 e. The molecule has 6 heteroatoms. The average Bonchev–Trinajstić information content (AvgIpc) is 3.38. The maximum atomic E-state index is 13.1. The van der Waals surface area contributed by atoms with Gasteiger partial charge in [-0.05, 0) is 67.1 Å². The predicted octanol–water partition coefficient (Wildman–Crippen LogP) is 3.57. The first-order valence-corrected chi connectivity index (χ1v) is 9.31. The highest BCUT2D eigenvalue weighted by Crippen LogP contribution is 2.42. The molecule has 3 rings (SSSR count). The molecule has 2 aromatic rings. The van der Waals surface area contributed by atoms with Crippen molar-refractivity contribution in [3.8, 4) is 5.75 Å². The molecule has 1 aliphatic rings. The lowest BCUT2D eigenvalue weighted by atomic mass is 10.0. The molecule has 0 saturated heterocycles. The molecule has 1 N–H and O–H groups in total. The Hall–Kier alpha value is -1.92. The third kappa shape index (κ3) is 3.60. The van der Waals surface area contributed by atoms with Crippen LogP contribution in [0.25, 0.3) is 0 Å². The smallest absolute Gasteiger partial charge is 0.241 e. The van der Waals surface area contributed by atoms with E-state index in [-0.39, 0.29) is 22.7 Å². The molecular weight excluding hydrogens is 329 g/mol. The van der Waals surface area contributed by atoms with Crippen LogP contribution in [-0.2, 0) is 10.0 Å². The summed E-state index contributed by atoms with van der Waals surface area (Å²) in [7, 11) is -2.14. The maximum Gasteiger partial charge on any atom is 0.241 e. The lowest BCUT2D eigenvalue weighted by Crippen LogP contribution is -2.30. The number of methoxy groups -OCH3 is 1. The van der Waals surface area contributed by atoms with E-state index in [4.69, 9.17) is 4.74 Å². The Kier molecular flexibility index (Phi) is 4.60. The number of sulfonamides is 1. The van der Waals surface area contributed by atoms with E-state index in [2.05, 4.69) is 4.72 Å². The van der Waals surface area contributed by atoms with Crippen LogP contribution >= 0.6 is 0 Å². The van der Waals surface area contributed by atoms with E-state index in [1.165, 1.54) is 12.1 Å². The minimum absolute atomic E-state index is 0.232. The highest BCUT2D eigenvalue weighted by molar-refractivity contribution is 7.89. The van der Waals surface area contributed by atoms with Crippen LogP contribution in [0.3, 0.4) is 0 Å². The topological polar surface area (TPSA) is 55.4 Å². The number of ether oxygens (including phenoxy) is 1. The summed E-state index contributed by atoms with van der Waals surface area (Å²) in [5, 5.41) is 0. The van der Waals surface area contributed by atoms with E-state index in [1.807, 2.05) is 0 Å². The van der Waals surface area contributed by atoms with Crippen molar-refractivity contribution in [1.29, 1.82) is 0 Å². The second kappa shape index (κ2) is 6.53. The Bertz CT molecular complexity index is 830. The molecule has 1 unspecified atom stereocenters. The van der Waals surface area contributed by atoms with Crippen molar-refractivity contribution in [2.75, 3.05) is 7.11 Å². The zero-order valence-electron chi connectivity index (χ0n) is 13.6. The van der Waals surface area contributed by atoms with Crippen LogP contribution in [0.4, 0.5) is 4.39 Å². The summed E-state index contributed by atoms with van der Waals surface area (Å²) in [4.78, 5) is 0.232. The van der Waals surface area contributed by atoms with E-state index in [0.29, 0.717) is 11.3 Å². The SMILES string of the molecule is COc1ccc(S(=O)(=O)NC(c2ccc(F)cc2)C2CC2)c(C)c1. The first-order chi connectivity index (χ1) is 11.4. The Morgan fingerprint density at radius 2 is 1.83 bits per heavy atom. The third-order valence-electron chi connectivity index (χ3n) is 4.28. The van der Waals surface area contributed by atoms with Crippen LogP contribution in [0.5, 0.6) is 5.75 Å². The Morgan fingerprint density at radius 1 is 1.17 bits per heavy atom. The van der Waals surface area contributed by atoms with Crippen LogP contribution in [0.15, 0.2) is 47.4 Å². The number of benzene rings is 2. The number of hydrogen-bond acceptors (Lipinski definition) is 3. The van der Waals surface area contributed by atoms with E-state index in [1.54, 1.807) is 44.4 Å². The quantitative estimate of drug-likeness (QED) is 0.867. The van der Waals surface area contributed by atoms with Gasteiger partial charge in [0.1, 0.15) is 11.6 Å². The van der Waals surface area contributed by atoms with Gasteiger partial charge in [-0.1, -0.05) is 12.1 Å². The molecule has 0 amide bonds. The summed E-state index contributed by atoms with van der Waals surface area (Å²) >= 11 is 0. The second-order valence-electron chi connectivity index (χ2n) is 6.12. The van der Waals surface area contributed by atoms with Crippen molar-refractivity contribution in [3.05, 3.63) is 59.4 Å². The van der Waals surface area contributed by atoms with Crippen molar-refractivity contribution in [1.82, 2.24) is 4.72 Å². The monoisotopic (exact) mass is 349 g/mol. The van der Waals surface area contributed by atoms with Crippen molar-refractivity contribution >= 4 is 10.0 Å². The fraction of sp³-hybridized carbons (Fsp3) is 0.333. The van der Waals surface area contributed by atoms with E-state index in [9.17, 15) is 12.8 Å². The fourth-order valence-corrected chi connectivity index (χ4v) is 4.34. The van der Waals surface area contributed by atoms with Gasteiger partial charge in [0.25, 0.3) is 0 Å². The van der Waals surface area contributed by atoms with E-state index >= 15 is 0 Å². The minimum Gasteiger partial charge on any atom is -0.497 e. The van der Waals surface area contributed by atoms with Gasteiger partial charge in [0.05, 0.1) is 12.0 Å². The van der Waals surface area contributed by atoms with Crippen molar-refractivity contribution in [3.63, 3.8) is 0 Å². The summed E-state index contributed by atoms with van der Waals surface area (Å²) in [6.07, 6.45) is 1.93. The van der Waals surface area contributed by atoms with E-state index in [0.717, 1.165) is 18.4 Å². The molecule has 128 valence electrons. The maximum absolute atomic E-state index is 13.1. The molecule has 1 atom stereocenters. The minimum atomic E-state index is -3.68. The van der Waals surface area contributed by atoms with Gasteiger partial charge >= 0.3 is 0 Å². The molecule has 0 aliphatic heterocycles. The fourth-order valence-electron chi connectivity index (χ4n) is 2.82. The first-order valence-electron chi connectivity index (χ1n) is 7.83. The molecule has 1 saturated carbocycles. The van der Waals surface area contributed by atoms with Crippen LogP contribution in [-0.4, -0.2) is 15.5 Å². The lowest BCUT2D eigenvalue weighted by molar-refractivity contribution is 0.414. The molecule has 1 aliphatic carbocycles. The number of hydrogen-bond donors (Lipinski definition) is 1. The first kappa shape index (κ1) is 16.9. The molecule has 24 heavy (non-hydrogen) atoms. The van der Waals surface area contributed by atoms with Gasteiger partial charge in [0.15, 0.2) is 0 Å². The number of rotatable bonds is 6. The average molecular weight is 349 g/mol. The second-order valence-corrected chi connectivity index (χ2v) is 7.80. The Labute approximate surface area is 141 Å². The predicted molar refractivity (Wildman–Crippen MR) is 89.9 cm³/mol. The summed E-state index contributed by atoms with van der Waals surface area (Å²) in [5.41, 5.74) is 1.41. The Morgan fingerprint density at radius 3 is 2.38 bits per heavy atom. The molecule has 4 nitrogen and oxygen atoms in total. The zero-order chi connectivity index (χ0) is 17.3. The van der Waals surface area contributed by atoms with E-state index < -0.39 is 10.0 Å². The van der Waals surface area contributed by atoms with Crippen molar-refractivity contribution in [2.24, 2.45) is 5.92 Å². The number of nitrogens with one attached hydrogen (secondary N) is 1. The van der Waals surface area contributed by atoms with Gasteiger partial charge in [0, 0.05) is 6.04 Å². The van der Waals surface area contributed by atoms with Gasteiger partial charge in [-0.25, -0.2) is 17.5 Å². The van der Waals surface area contributed by atoms with Gasteiger partial charge in [-0.15, -0.1) is 0 Å². The molecule has 0 spiro atoms. The van der Waals surface area contributed by atoms with Crippen LogP contribution in [0, 0.1) is 18.7 Å². The number of aryl methyl sites for hydroxylation is 1. The normalized spacial score (nSPS) is 16.0. The summed E-state index contributed by atoms with van der Waals surface area (Å²) in [5.74, 6) is 0.537. The number of halogens is 1. The van der Waals surface area contributed by atoms with Crippen molar-refractivity contribution in [2.45, 2.75) is 30.7 Å². The van der Waals surface area contributed by atoms with Gasteiger partial charge in [-0.2, -0.15) is 0 Å². The molecule has 1 fully saturated rings. The zero-order valence-corrected chi connectivity index (χ0v) is 14.4.